The first-order chi connectivity index (χ1) is 8.22. The van der Waals surface area contributed by atoms with Crippen LogP contribution in [0.4, 0.5) is 0 Å². The van der Waals surface area contributed by atoms with Gasteiger partial charge < -0.3 is 0 Å². The van der Waals surface area contributed by atoms with Gasteiger partial charge in [-0.1, -0.05) is 30.3 Å². The first-order valence-corrected chi connectivity index (χ1v) is 6.71. The molecule has 0 radical (unpaired) electrons. The molecular formula is C15H14OS. The van der Waals surface area contributed by atoms with Gasteiger partial charge in [0.25, 0.3) is 0 Å². The third-order valence-electron chi connectivity index (χ3n) is 3.56. The first kappa shape index (κ1) is 10.7. The number of hydrogen-bond acceptors (Lipinski definition) is 2. The minimum Gasteiger partial charge on any atom is -0.299 e. The highest BCUT2D eigenvalue weighted by atomic mass is 32.1. The fraction of sp³-hybridized carbons (Fsp3) is 0.267. The van der Waals surface area contributed by atoms with Crippen LogP contribution < -0.4 is 0 Å². The third kappa shape index (κ3) is 1.73. The van der Waals surface area contributed by atoms with Crippen molar-refractivity contribution in [3.05, 3.63) is 47.3 Å². The maximum absolute atomic E-state index is 11.7. The van der Waals surface area contributed by atoms with Crippen molar-refractivity contribution in [3.63, 3.8) is 0 Å². The second-order valence-electron chi connectivity index (χ2n) is 4.67. The predicted molar refractivity (Wildman–Crippen MR) is 71.3 cm³/mol. The summed E-state index contributed by atoms with van der Waals surface area (Å²) in [7, 11) is 0. The maximum atomic E-state index is 11.7. The van der Waals surface area contributed by atoms with E-state index in [4.69, 9.17) is 0 Å². The minimum atomic E-state index is -0.127. The number of hydrogen-bond donors (Lipinski definition) is 0. The highest BCUT2D eigenvalue weighted by molar-refractivity contribution is 7.15. The van der Waals surface area contributed by atoms with E-state index in [0.29, 0.717) is 5.78 Å². The molecule has 0 spiro atoms. The standard InChI is InChI=1S/C15H14OS/c1-11(16)15(9-10-15)14-8-7-13(17-14)12-5-3-2-4-6-12/h2-8H,9-10H2,1H3. The van der Waals surface area contributed by atoms with Crippen molar-refractivity contribution in [2.24, 2.45) is 0 Å². The van der Waals surface area contributed by atoms with Crippen LogP contribution in [0, 0.1) is 0 Å². The van der Waals surface area contributed by atoms with Gasteiger partial charge in [-0.25, -0.2) is 0 Å². The largest absolute Gasteiger partial charge is 0.299 e. The summed E-state index contributed by atoms with van der Waals surface area (Å²) in [5.41, 5.74) is 1.11. The monoisotopic (exact) mass is 242 g/mol. The highest BCUT2D eigenvalue weighted by Crippen LogP contribution is 2.52. The number of Topliss-reactive ketones (excluding diaryl/α,β-unsaturated/α-hetero) is 1. The number of thiophene rings is 1. The van der Waals surface area contributed by atoms with E-state index in [1.165, 1.54) is 15.3 Å². The Morgan fingerprint density at radius 1 is 1.12 bits per heavy atom. The Hall–Kier alpha value is -1.41. The Morgan fingerprint density at radius 2 is 1.82 bits per heavy atom. The van der Waals surface area contributed by atoms with Crippen LogP contribution in [-0.4, -0.2) is 5.78 Å². The van der Waals surface area contributed by atoms with Gasteiger partial charge in [0, 0.05) is 9.75 Å². The quantitative estimate of drug-likeness (QED) is 0.794. The molecule has 86 valence electrons. The summed E-state index contributed by atoms with van der Waals surface area (Å²) in [4.78, 5) is 14.2. The molecule has 1 aliphatic rings. The Kier molecular flexibility index (Phi) is 2.40. The minimum absolute atomic E-state index is 0.127. The molecule has 0 aliphatic heterocycles. The van der Waals surface area contributed by atoms with Crippen molar-refractivity contribution in [2.75, 3.05) is 0 Å². The van der Waals surface area contributed by atoms with Crippen LogP contribution in [0.15, 0.2) is 42.5 Å². The Labute approximate surface area is 105 Å². The fourth-order valence-electron chi connectivity index (χ4n) is 2.25. The maximum Gasteiger partial charge on any atom is 0.141 e. The van der Waals surface area contributed by atoms with E-state index in [2.05, 4.69) is 24.3 Å². The molecule has 0 amide bonds. The van der Waals surface area contributed by atoms with Crippen molar-refractivity contribution >= 4 is 17.1 Å². The molecule has 1 nitrogen and oxygen atoms in total. The average Bonchev–Trinajstić information content (AvgIpc) is 3.02. The average molecular weight is 242 g/mol. The smallest absolute Gasteiger partial charge is 0.141 e. The van der Waals surface area contributed by atoms with E-state index in [0.717, 1.165) is 12.8 Å². The fourth-order valence-corrected chi connectivity index (χ4v) is 3.56. The molecule has 17 heavy (non-hydrogen) atoms. The molecule has 1 aromatic carbocycles. The van der Waals surface area contributed by atoms with E-state index in [1.54, 1.807) is 18.3 Å². The SMILES string of the molecule is CC(=O)C1(c2ccc(-c3ccccc3)s2)CC1. The van der Waals surface area contributed by atoms with E-state index in [9.17, 15) is 4.79 Å². The number of rotatable bonds is 3. The normalized spacial score (nSPS) is 16.8. The number of benzene rings is 1. The van der Waals surface area contributed by atoms with E-state index in [-0.39, 0.29) is 5.41 Å². The lowest BCUT2D eigenvalue weighted by Gasteiger charge is -2.07. The molecule has 2 heteroatoms. The van der Waals surface area contributed by atoms with E-state index in [1.807, 2.05) is 18.2 Å². The summed E-state index contributed by atoms with van der Waals surface area (Å²) < 4.78 is 0. The van der Waals surface area contributed by atoms with Crippen LogP contribution in [0.3, 0.4) is 0 Å². The van der Waals surface area contributed by atoms with Crippen LogP contribution in [0.1, 0.15) is 24.6 Å². The van der Waals surface area contributed by atoms with Crippen molar-refractivity contribution in [3.8, 4) is 10.4 Å². The Bertz CT molecular complexity index is 549. The predicted octanol–water partition coefficient (Wildman–Crippen LogP) is 4.04. The topological polar surface area (TPSA) is 17.1 Å². The first-order valence-electron chi connectivity index (χ1n) is 5.89. The highest BCUT2D eigenvalue weighted by Gasteiger charge is 2.49. The van der Waals surface area contributed by atoms with Crippen molar-refractivity contribution < 1.29 is 4.79 Å². The van der Waals surface area contributed by atoms with Crippen LogP contribution in [0.25, 0.3) is 10.4 Å². The number of ketones is 1. The second-order valence-corrected chi connectivity index (χ2v) is 5.75. The van der Waals surface area contributed by atoms with Gasteiger partial charge in [-0.15, -0.1) is 11.3 Å². The molecule has 2 aromatic rings. The molecule has 1 aliphatic carbocycles. The molecule has 0 saturated heterocycles. The number of carbonyl (C=O) groups is 1. The molecule has 0 N–H and O–H groups in total. The lowest BCUT2D eigenvalue weighted by molar-refractivity contribution is -0.119. The summed E-state index contributed by atoms with van der Waals surface area (Å²) in [6.45, 7) is 1.72. The van der Waals surface area contributed by atoms with Crippen LogP contribution >= 0.6 is 11.3 Å². The molecule has 1 saturated carbocycles. The molecule has 3 rings (SSSR count). The molecule has 0 atom stereocenters. The molecule has 0 unspecified atom stereocenters. The van der Waals surface area contributed by atoms with Gasteiger partial charge in [-0.3, -0.25) is 4.79 Å². The van der Waals surface area contributed by atoms with Gasteiger partial charge in [0.1, 0.15) is 5.78 Å². The van der Waals surface area contributed by atoms with E-state index >= 15 is 0 Å². The molecule has 0 bridgehead atoms. The van der Waals surface area contributed by atoms with Gasteiger partial charge >= 0.3 is 0 Å². The zero-order chi connectivity index (χ0) is 11.9. The molecular weight excluding hydrogens is 228 g/mol. The van der Waals surface area contributed by atoms with Crippen LogP contribution in [0.2, 0.25) is 0 Å². The third-order valence-corrected chi connectivity index (χ3v) is 4.90. The van der Waals surface area contributed by atoms with Gasteiger partial charge in [0.15, 0.2) is 0 Å². The summed E-state index contributed by atoms with van der Waals surface area (Å²) in [5, 5.41) is 0. The van der Waals surface area contributed by atoms with Crippen LogP contribution in [0.5, 0.6) is 0 Å². The van der Waals surface area contributed by atoms with Crippen LogP contribution in [-0.2, 0) is 10.2 Å². The van der Waals surface area contributed by atoms with Gasteiger partial charge in [0.05, 0.1) is 5.41 Å². The van der Waals surface area contributed by atoms with Gasteiger partial charge in [-0.05, 0) is 37.5 Å². The summed E-state index contributed by atoms with van der Waals surface area (Å²) in [5.74, 6) is 0.318. The van der Waals surface area contributed by atoms with Gasteiger partial charge in [-0.2, -0.15) is 0 Å². The Morgan fingerprint density at radius 3 is 2.41 bits per heavy atom. The van der Waals surface area contributed by atoms with Crippen molar-refractivity contribution in [1.82, 2.24) is 0 Å². The van der Waals surface area contributed by atoms with E-state index < -0.39 is 0 Å². The summed E-state index contributed by atoms with van der Waals surface area (Å²) in [6.07, 6.45) is 2.05. The lowest BCUT2D eigenvalue weighted by Crippen LogP contribution is -2.14. The molecule has 1 aromatic heterocycles. The molecule has 1 heterocycles. The summed E-state index contributed by atoms with van der Waals surface area (Å²) in [6, 6.07) is 14.6. The molecule has 1 fully saturated rings. The second kappa shape index (κ2) is 3.81. The van der Waals surface area contributed by atoms with Gasteiger partial charge in [0.2, 0.25) is 0 Å². The van der Waals surface area contributed by atoms with Crippen molar-refractivity contribution in [2.45, 2.75) is 25.2 Å². The zero-order valence-electron chi connectivity index (χ0n) is 9.77. The zero-order valence-corrected chi connectivity index (χ0v) is 10.6. The summed E-state index contributed by atoms with van der Waals surface area (Å²) >= 11 is 1.76. The Balaban J connectivity index is 1.97. The number of carbonyl (C=O) groups excluding carboxylic acids is 1. The lowest BCUT2D eigenvalue weighted by atomic mass is 10.0. The van der Waals surface area contributed by atoms with Crippen molar-refractivity contribution in [1.29, 1.82) is 0 Å².